The van der Waals surface area contributed by atoms with Crippen LogP contribution in [0.4, 0.5) is 17.1 Å². The summed E-state index contributed by atoms with van der Waals surface area (Å²) in [5.74, 6) is 0. The highest BCUT2D eigenvalue weighted by Gasteiger charge is 2.16. The number of benzene rings is 10. The highest BCUT2D eigenvalue weighted by molar-refractivity contribution is 7.25. The fraction of sp³-hybridized carbons (Fsp3) is 0. The summed E-state index contributed by atoms with van der Waals surface area (Å²) in [4.78, 5) is 2.36. The largest absolute Gasteiger partial charge is 0.311 e. The Morgan fingerprint density at radius 3 is 1.50 bits per heavy atom. The third kappa shape index (κ3) is 5.54. The van der Waals surface area contributed by atoms with Gasteiger partial charge in [-0.15, -0.1) is 11.3 Å². The summed E-state index contributed by atoms with van der Waals surface area (Å²) in [6.45, 7) is 0. The normalized spacial score (nSPS) is 11.6. The van der Waals surface area contributed by atoms with E-state index < -0.39 is 0 Å². The molecule has 11 aromatic rings. The first-order valence-corrected chi connectivity index (χ1v) is 20.0. The first-order chi connectivity index (χ1) is 27.7. The topological polar surface area (TPSA) is 3.24 Å². The fourth-order valence-electron chi connectivity index (χ4n) is 8.50. The van der Waals surface area contributed by atoms with Crippen LogP contribution in [-0.2, 0) is 0 Å². The molecule has 0 atom stereocenters. The number of fused-ring (bicyclic) bond motifs is 8. The van der Waals surface area contributed by atoms with Crippen LogP contribution in [0.25, 0.3) is 85.9 Å². The van der Waals surface area contributed by atoms with E-state index in [2.05, 4.69) is 217 Å². The zero-order chi connectivity index (χ0) is 37.0. The number of rotatable bonds is 6. The van der Waals surface area contributed by atoms with Crippen LogP contribution >= 0.6 is 11.3 Å². The Labute approximate surface area is 330 Å². The summed E-state index contributed by atoms with van der Waals surface area (Å²) in [6, 6.07) is 77.6. The molecule has 1 heterocycles. The van der Waals surface area contributed by atoms with Crippen LogP contribution in [0.3, 0.4) is 0 Å². The molecule has 2 heteroatoms. The van der Waals surface area contributed by atoms with Crippen molar-refractivity contribution in [2.75, 3.05) is 4.90 Å². The summed E-state index contributed by atoms with van der Waals surface area (Å²) in [5, 5.41) is 10.4. The molecule has 0 bridgehead atoms. The van der Waals surface area contributed by atoms with E-state index in [4.69, 9.17) is 0 Å². The Bertz CT molecular complexity index is 3210. The molecule has 11 rings (SSSR count). The molecule has 0 aliphatic carbocycles. The van der Waals surface area contributed by atoms with Gasteiger partial charge in [0, 0.05) is 37.2 Å². The third-order valence-corrected chi connectivity index (χ3v) is 12.4. The van der Waals surface area contributed by atoms with E-state index in [-0.39, 0.29) is 0 Å². The molecule has 262 valence electrons. The van der Waals surface area contributed by atoms with Crippen LogP contribution < -0.4 is 4.90 Å². The minimum atomic E-state index is 1.11. The van der Waals surface area contributed by atoms with Gasteiger partial charge in [0.15, 0.2) is 0 Å². The predicted octanol–water partition coefficient (Wildman–Crippen LogP) is 16.0. The number of hydrogen-bond acceptors (Lipinski definition) is 2. The average Bonchev–Trinajstić information content (AvgIpc) is 3.66. The number of anilines is 3. The van der Waals surface area contributed by atoms with Crippen molar-refractivity contribution in [1.82, 2.24) is 0 Å². The summed E-state index contributed by atoms with van der Waals surface area (Å²) in [6.07, 6.45) is 0. The zero-order valence-corrected chi connectivity index (χ0v) is 31.4. The highest BCUT2D eigenvalue weighted by Crippen LogP contribution is 2.42. The molecule has 56 heavy (non-hydrogen) atoms. The van der Waals surface area contributed by atoms with E-state index in [9.17, 15) is 0 Å². The summed E-state index contributed by atoms with van der Waals surface area (Å²) in [5.41, 5.74) is 10.6. The van der Waals surface area contributed by atoms with Gasteiger partial charge in [0.2, 0.25) is 0 Å². The molecule has 0 radical (unpaired) electrons. The van der Waals surface area contributed by atoms with Gasteiger partial charge in [0.25, 0.3) is 0 Å². The van der Waals surface area contributed by atoms with E-state index in [1.165, 1.54) is 85.9 Å². The van der Waals surface area contributed by atoms with Crippen LogP contribution in [0.5, 0.6) is 0 Å². The van der Waals surface area contributed by atoms with Crippen molar-refractivity contribution in [1.29, 1.82) is 0 Å². The van der Waals surface area contributed by atoms with Gasteiger partial charge in [-0.25, -0.2) is 0 Å². The first-order valence-electron chi connectivity index (χ1n) is 19.2. The van der Waals surface area contributed by atoms with Crippen molar-refractivity contribution >= 4 is 80.9 Å². The average molecular weight is 730 g/mol. The quantitative estimate of drug-likeness (QED) is 0.154. The Kier molecular flexibility index (Phi) is 7.75. The third-order valence-electron chi connectivity index (χ3n) is 11.3. The van der Waals surface area contributed by atoms with Gasteiger partial charge in [0.05, 0.1) is 0 Å². The van der Waals surface area contributed by atoms with Crippen molar-refractivity contribution in [2.24, 2.45) is 0 Å². The molecular weight excluding hydrogens is 695 g/mol. The SMILES string of the molecule is c1ccc(-c2ccc(N(c3ccc(-c4ccc5c(ccc6c7ccccc7ccc56)c4)cc3)c3ccc(-c4cccc5sc6ccccc6c45)cc3)cc2)cc1. The minimum absolute atomic E-state index is 1.11. The Morgan fingerprint density at radius 2 is 0.786 bits per heavy atom. The van der Waals surface area contributed by atoms with Crippen molar-refractivity contribution in [2.45, 2.75) is 0 Å². The molecule has 0 spiro atoms. The van der Waals surface area contributed by atoms with Crippen molar-refractivity contribution in [3.8, 4) is 33.4 Å². The van der Waals surface area contributed by atoms with E-state index in [1.54, 1.807) is 0 Å². The number of hydrogen-bond donors (Lipinski definition) is 0. The fourth-order valence-corrected chi connectivity index (χ4v) is 9.63. The predicted molar refractivity (Wildman–Crippen MR) is 243 cm³/mol. The Hall–Kier alpha value is -7.00. The zero-order valence-electron chi connectivity index (χ0n) is 30.6. The molecule has 0 N–H and O–H groups in total. The molecule has 0 saturated carbocycles. The molecule has 1 aromatic heterocycles. The molecule has 0 unspecified atom stereocenters. The van der Waals surface area contributed by atoms with Crippen molar-refractivity contribution < 1.29 is 0 Å². The van der Waals surface area contributed by atoms with Crippen LogP contribution in [0.1, 0.15) is 0 Å². The number of nitrogens with zero attached hydrogens (tertiary/aromatic N) is 1. The summed E-state index contributed by atoms with van der Waals surface area (Å²) < 4.78 is 2.65. The molecule has 0 aliphatic heterocycles. The van der Waals surface area contributed by atoms with Gasteiger partial charge < -0.3 is 4.90 Å². The van der Waals surface area contributed by atoms with E-state index in [0.717, 1.165) is 17.1 Å². The van der Waals surface area contributed by atoms with Gasteiger partial charge in [-0.3, -0.25) is 0 Å². The summed E-state index contributed by atoms with van der Waals surface area (Å²) in [7, 11) is 0. The minimum Gasteiger partial charge on any atom is -0.311 e. The Morgan fingerprint density at radius 1 is 0.286 bits per heavy atom. The Balaban J connectivity index is 0.971. The smallest absolute Gasteiger partial charge is 0.0462 e. The second-order valence-electron chi connectivity index (χ2n) is 14.5. The second kappa shape index (κ2) is 13.4. The standard InChI is InChI=1S/C54H35NS/c1-2-9-36(10-3-1)37-17-26-43(27-18-37)55(45-30-21-40(22-31-45)48-14-8-16-53-54(48)51-13-6-7-15-52(51)56-53)44-28-19-38(20-29-44)41-24-32-47-42(35-41)25-34-49-46-12-5-4-11-39(46)23-33-50(47)49/h1-35H. The lowest BCUT2D eigenvalue weighted by Crippen LogP contribution is -2.09. The van der Waals surface area contributed by atoms with Crippen LogP contribution in [-0.4, -0.2) is 0 Å². The van der Waals surface area contributed by atoms with E-state index in [1.807, 2.05) is 11.3 Å². The van der Waals surface area contributed by atoms with E-state index in [0.29, 0.717) is 0 Å². The van der Waals surface area contributed by atoms with Gasteiger partial charge in [-0.1, -0.05) is 158 Å². The molecule has 0 saturated heterocycles. The lowest BCUT2D eigenvalue weighted by atomic mass is 9.95. The van der Waals surface area contributed by atoms with Crippen LogP contribution in [0.15, 0.2) is 212 Å². The summed E-state index contributed by atoms with van der Waals surface area (Å²) >= 11 is 1.86. The molecule has 0 amide bonds. The molecule has 0 fully saturated rings. The van der Waals surface area contributed by atoms with Gasteiger partial charge >= 0.3 is 0 Å². The molecule has 10 aromatic carbocycles. The monoisotopic (exact) mass is 729 g/mol. The first kappa shape index (κ1) is 32.4. The van der Waals surface area contributed by atoms with Crippen LogP contribution in [0, 0.1) is 0 Å². The van der Waals surface area contributed by atoms with Gasteiger partial charge in [-0.05, 0) is 120 Å². The molecule has 0 aliphatic rings. The second-order valence-corrected chi connectivity index (χ2v) is 15.6. The van der Waals surface area contributed by atoms with Crippen LogP contribution in [0.2, 0.25) is 0 Å². The van der Waals surface area contributed by atoms with Crippen molar-refractivity contribution in [3.05, 3.63) is 212 Å². The lowest BCUT2D eigenvalue weighted by Gasteiger charge is -2.26. The van der Waals surface area contributed by atoms with E-state index >= 15 is 0 Å². The van der Waals surface area contributed by atoms with Gasteiger partial charge in [-0.2, -0.15) is 0 Å². The maximum atomic E-state index is 2.36. The lowest BCUT2D eigenvalue weighted by molar-refractivity contribution is 1.28. The number of thiophene rings is 1. The van der Waals surface area contributed by atoms with Gasteiger partial charge in [0.1, 0.15) is 0 Å². The highest BCUT2D eigenvalue weighted by atomic mass is 32.1. The maximum absolute atomic E-state index is 2.36. The maximum Gasteiger partial charge on any atom is 0.0462 e. The molecule has 1 nitrogen and oxygen atoms in total. The van der Waals surface area contributed by atoms with Crippen molar-refractivity contribution in [3.63, 3.8) is 0 Å². The molecular formula is C54H35NS.